The second-order valence-corrected chi connectivity index (χ2v) is 5.15. The fourth-order valence-electron chi connectivity index (χ4n) is 2.31. The number of hydrogen-bond acceptors (Lipinski definition) is 2. The third kappa shape index (κ3) is 6.63. The van der Waals surface area contributed by atoms with E-state index in [9.17, 15) is 0 Å². The van der Waals surface area contributed by atoms with Crippen LogP contribution in [0.4, 0.5) is 0 Å². The van der Waals surface area contributed by atoms with E-state index in [0.717, 1.165) is 12.3 Å². The fraction of sp³-hybridized carbons (Fsp3) is 0.647. The molecule has 0 saturated heterocycles. The first-order chi connectivity index (χ1) is 9.30. The zero-order chi connectivity index (χ0) is 13.9. The van der Waals surface area contributed by atoms with Crippen LogP contribution in [0, 0.1) is 0 Å². The summed E-state index contributed by atoms with van der Waals surface area (Å²) in [6.45, 7) is 5.65. The Kier molecular flexibility index (Phi) is 8.31. The molecule has 0 bridgehead atoms. The van der Waals surface area contributed by atoms with Gasteiger partial charge < -0.3 is 10.1 Å². The predicted molar refractivity (Wildman–Crippen MR) is 82.9 cm³/mol. The molecule has 19 heavy (non-hydrogen) atoms. The monoisotopic (exact) mass is 263 g/mol. The highest BCUT2D eigenvalue weighted by atomic mass is 16.5. The van der Waals surface area contributed by atoms with E-state index in [-0.39, 0.29) is 0 Å². The minimum Gasteiger partial charge on any atom is -0.497 e. The number of unbranched alkanes of at least 4 members (excludes halogenated alkanes) is 1. The van der Waals surface area contributed by atoms with Crippen LogP contribution in [-0.4, -0.2) is 19.7 Å². The van der Waals surface area contributed by atoms with Crippen LogP contribution in [-0.2, 0) is 6.42 Å². The first kappa shape index (κ1) is 16.0. The molecule has 0 aliphatic carbocycles. The van der Waals surface area contributed by atoms with Crippen molar-refractivity contribution < 1.29 is 4.74 Å². The molecule has 1 rings (SSSR count). The lowest BCUT2D eigenvalue weighted by molar-refractivity contribution is 0.414. The Bertz CT molecular complexity index is 321. The lowest BCUT2D eigenvalue weighted by atomic mass is 10.0. The smallest absolute Gasteiger partial charge is 0.118 e. The SMILES string of the molecule is CCCNC(CC)CCCCc1ccc(OC)cc1. The van der Waals surface area contributed by atoms with Gasteiger partial charge in [-0.05, 0) is 56.3 Å². The van der Waals surface area contributed by atoms with E-state index in [0.29, 0.717) is 6.04 Å². The highest BCUT2D eigenvalue weighted by Gasteiger charge is 2.04. The summed E-state index contributed by atoms with van der Waals surface area (Å²) in [7, 11) is 1.71. The summed E-state index contributed by atoms with van der Waals surface area (Å²) in [5.74, 6) is 0.943. The van der Waals surface area contributed by atoms with Crippen LogP contribution in [0.15, 0.2) is 24.3 Å². The third-order valence-corrected chi connectivity index (χ3v) is 3.60. The maximum Gasteiger partial charge on any atom is 0.118 e. The third-order valence-electron chi connectivity index (χ3n) is 3.60. The molecule has 2 heteroatoms. The molecule has 108 valence electrons. The van der Waals surface area contributed by atoms with Gasteiger partial charge in [0.05, 0.1) is 7.11 Å². The zero-order valence-electron chi connectivity index (χ0n) is 12.7. The number of aryl methyl sites for hydroxylation is 1. The fourth-order valence-corrected chi connectivity index (χ4v) is 2.31. The van der Waals surface area contributed by atoms with Crippen molar-refractivity contribution in [1.29, 1.82) is 0 Å². The minimum atomic E-state index is 0.704. The van der Waals surface area contributed by atoms with E-state index in [2.05, 4.69) is 31.3 Å². The molecule has 0 spiro atoms. The Labute approximate surface area is 118 Å². The van der Waals surface area contributed by atoms with Crippen molar-refractivity contribution in [3.8, 4) is 5.75 Å². The number of benzene rings is 1. The number of rotatable bonds is 10. The van der Waals surface area contributed by atoms with Crippen LogP contribution < -0.4 is 10.1 Å². The molecule has 0 aromatic heterocycles. The normalized spacial score (nSPS) is 12.4. The van der Waals surface area contributed by atoms with Crippen molar-refractivity contribution in [3.05, 3.63) is 29.8 Å². The van der Waals surface area contributed by atoms with Crippen LogP contribution in [0.2, 0.25) is 0 Å². The predicted octanol–water partition coefficient (Wildman–Crippen LogP) is 4.19. The Morgan fingerprint density at radius 3 is 2.42 bits per heavy atom. The van der Waals surface area contributed by atoms with Crippen LogP contribution in [0.1, 0.15) is 51.5 Å². The van der Waals surface area contributed by atoms with Gasteiger partial charge >= 0.3 is 0 Å². The largest absolute Gasteiger partial charge is 0.497 e. The lowest BCUT2D eigenvalue weighted by Gasteiger charge is -2.16. The molecule has 0 fully saturated rings. The summed E-state index contributed by atoms with van der Waals surface area (Å²) in [6.07, 6.45) is 7.52. The van der Waals surface area contributed by atoms with Gasteiger partial charge in [0.1, 0.15) is 5.75 Å². The molecule has 0 heterocycles. The summed E-state index contributed by atoms with van der Waals surface area (Å²) in [6, 6.07) is 9.15. The molecular weight excluding hydrogens is 234 g/mol. The molecule has 0 saturated carbocycles. The Hall–Kier alpha value is -1.02. The second-order valence-electron chi connectivity index (χ2n) is 5.15. The zero-order valence-corrected chi connectivity index (χ0v) is 12.7. The first-order valence-corrected chi connectivity index (χ1v) is 7.66. The van der Waals surface area contributed by atoms with E-state index in [4.69, 9.17) is 4.74 Å². The molecule has 1 N–H and O–H groups in total. The molecule has 1 unspecified atom stereocenters. The van der Waals surface area contributed by atoms with Gasteiger partial charge in [0, 0.05) is 6.04 Å². The lowest BCUT2D eigenvalue weighted by Crippen LogP contribution is -2.28. The van der Waals surface area contributed by atoms with Gasteiger partial charge in [0.25, 0.3) is 0 Å². The van der Waals surface area contributed by atoms with E-state index >= 15 is 0 Å². The van der Waals surface area contributed by atoms with Crippen molar-refractivity contribution in [3.63, 3.8) is 0 Å². The number of hydrogen-bond donors (Lipinski definition) is 1. The van der Waals surface area contributed by atoms with Gasteiger partial charge in [0.2, 0.25) is 0 Å². The quantitative estimate of drug-likeness (QED) is 0.639. The van der Waals surface area contributed by atoms with Gasteiger partial charge in [-0.2, -0.15) is 0 Å². The Balaban J connectivity index is 2.18. The van der Waals surface area contributed by atoms with Crippen molar-refractivity contribution in [2.75, 3.05) is 13.7 Å². The summed E-state index contributed by atoms with van der Waals surface area (Å²) in [4.78, 5) is 0. The molecule has 0 aliphatic heterocycles. The highest BCUT2D eigenvalue weighted by Crippen LogP contribution is 2.14. The molecule has 0 radical (unpaired) electrons. The molecule has 0 aliphatic rings. The van der Waals surface area contributed by atoms with Gasteiger partial charge in [-0.15, -0.1) is 0 Å². The average molecular weight is 263 g/mol. The van der Waals surface area contributed by atoms with Crippen molar-refractivity contribution in [1.82, 2.24) is 5.32 Å². The van der Waals surface area contributed by atoms with Crippen LogP contribution in [0.25, 0.3) is 0 Å². The van der Waals surface area contributed by atoms with Crippen molar-refractivity contribution in [2.45, 2.75) is 58.4 Å². The van der Waals surface area contributed by atoms with E-state index in [1.807, 2.05) is 12.1 Å². The van der Waals surface area contributed by atoms with E-state index < -0.39 is 0 Å². The number of methoxy groups -OCH3 is 1. The average Bonchev–Trinajstić information content (AvgIpc) is 2.47. The topological polar surface area (TPSA) is 21.3 Å². The molecule has 2 nitrogen and oxygen atoms in total. The molecule has 1 aromatic carbocycles. The highest BCUT2D eigenvalue weighted by molar-refractivity contribution is 5.27. The van der Waals surface area contributed by atoms with Crippen molar-refractivity contribution >= 4 is 0 Å². The number of nitrogens with one attached hydrogen (secondary N) is 1. The summed E-state index contributed by atoms with van der Waals surface area (Å²) in [5, 5.41) is 3.62. The van der Waals surface area contributed by atoms with Crippen LogP contribution in [0.5, 0.6) is 5.75 Å². The van der Waals surface area contributed by atoms with Crippen LogP contribution >= 0.6 is 0 Å². The molecule has 1 atom stereocenters. The van der Waals surface area contributed by atoms with Gasteiger partial charge in [-0.25, -0.2) is 0 Å². The van der Waals surface area contributed by atoms with Gasteiger partial charge in [-0.1, -0.05) is 32.4 Å². The maximum absolute atomic E-state index is 5.17. The van der Waals surface area contributed by atoms with E-state index in [1.54, 1.807) is 7.11 Å². The Morgan fingerprint density at radius 1 is 1.11 bits per heavy atom. The first-order valence-electron chi connectivity index (χ1n) is 7.66. The standard InChI is InChI=1S/C17H29NO/c1-4-14-18-16(5-2)9-7-6-8-15-10-12-17(19-3)13-11-15/h10-13,16,18H,4-9,14H2,1-3H3. The second kappa shape index (κ2) is 9.85. The Morgan fingerprint density at radius 2 is 1.84 bits per heavy atom. The van der Waals surface area contributed by atoms with Gasteiger partial charge in [0.15, 0.2) is 0 Å². The minimum absolute atomic E-state index is 0.704. The summed E-state index contributed by atoms with van der Waals surface area (Å²) >= 11 is 0. The molecular formula is C17H29NO. The summed E-state index contributed by atoms with van der Waals surface area (Å²) in [5.41, 5.74) is 1.41. The summed E-state index contributed by atoms with van der Waals surface area (Å²) < 4.78 is 5.17. The molecule has 0 amide bonds. The van der Waals surface area contributed by atoms with Gasteiger partial charge in [-0.3, -0.25) is 0 Å². The molecule has 1 aromatic rings. The number of ether oxygens (including phenoxy) is 1. The van der Waals surface area contributed by atoms with Crippen LogP contribution in [0.3, 0.4) is 0 Å². The maximum atomic E-state index is 5.17. The van der Waals surface area contributed by atoms with Crippen molar-refractivity contribution in [2.24, 2.45) is 0 Å². The van der Waals surface area contributed by atoms with E-state index in [1.165, 1.54) is 44.1 Å².